The van der Waals surface area contributed by atoms with E-state index in [9.17, 15) is 4.39 Å². The van der Waals surface area contributed by atoms with Gasteiger partial charge in [0.25, 0.3) is 0 Å². The number of likely N-dealkylation sites (tertiary alicyclic amines) is 1. The molecule has 1 aliphatic rings. The third-order valence-electron chi connectivity index (χ3n) is 5.63. The molecule has 22 heavy (non-hydrogen) atoms. The smallest absolute Gasteiger partial charge is 0.170 e. The zero-order valence-electron chi connectivity index (χ0n) is 13.7. The van der Waals surface area contributed by atoms with Crippen LogP contribution in [0.1, 0.15) is 58.1 Å². The van der Waals surface area contributed by atoms with E-state index in [4.69, 9.17) is 4.52 Å². The van der Waals surface area contributed by atoms with Gasteiger partial charge in [-0.05, 0) is 57.8 Å². The molecular weight excluding hydrogens is 279 g/mol. The molecule has 4 heteroatoms. The topological polar surface area (TPSA) is 29.3 Å². The molecule has 1 fully saturated rings. The van der Waals surface area contributed by atoms with E-state index in [2.05, 4.69) is 30.8 Å². The maximum absolute atomic E-state index is 13.3. The van der Waals surface area contributed by atoms with Crippen LogP contribution in [-0.4, -0.2) is 28.7 Å². The van der Waals surface area contributed by atoms with Crippen molar-refractivity contribution in [2.24, 2.45) is 0 Å². The Bertz CT molecular complexity index is 640. The summed E-state index contributed by atoms with van der Waals surface area (Å²) < 4.78 is 18.6. The van der Waals surface area contributed by atoms with Crippen LogP contribution in [0.15, 0.2) is 22.7 Å². The van der Waals surface area contributed by atoms with Crippen LogP contribution in [0.4, 0.5) is 4.39 Å². The molecule has 120 valence electrons. The van der Waals surface area contributed by atoms with Crippen molar-refractivity contribution in [2.45, 2.75) is 57.9 Å². The highest BCUT2D eigenvalue weighted by molar-refractivity contribution is 5.79. The van der Waals surface area contributed by atoms with E-state index in [1.807, 2.05) is 0 Å². The molecule has 2 aromatic rings. The lowest BCUT2D eigenvalue weighted by molar-refractivity contribution is 0.0662. The summed E-state index contributed by atoms with van der Waals surface area (Å²) in [6.07, 6.45) is 4.55. The maximum atomic E-state index is 13.3. The largest absolute Gasteiger partial charge is 0.356 e. The van der Waals surface area contributed by atoms with Crippen molar-refractivity contribution in [2.75, 3.05) is 13.1 Å². The highest BCUT2D eigenvalue weighted by Gasteiger charge is 2.33. The minimum absolute atomic E-state index is 0.272. The fourth-order valence-electron chi connectivity index (χ4n) is 3.62. The summed E-state index contributed by atoms with van der Waals surface area (Å²) in [7, 11) is 0. The molecule has 0 N–H and O–H groups in total. The molecule has 0 amide bonds. The van der Waals surface area contributed by atoms with Crippen LogP contribution in [0.5, 0.6) is 0 Å². The Morgan fingerprint density at radius 2 is 1.95 bits per heavy atom. The molecule has 0 radical (unpaired) electrons. The van der Waals surface area contributed by atoms with Gasteiger partial charge >= 0.3 is 0 Å². The number of hydrogen-bond acceptors (Lipinski definition) is 3. The molecule has 0 aliphatic carbocycles. The Morgan fingerprint density at radius 3 is 2.59 bits per heavy atom. The maximum Gasteiger partial charge on any atom is 0.170 e. The Morgan fingerprint density at radius 1 is 1.27 bits per heavy atom. The number of aromatic nitrogens is 1. The highest BCUT2D eigenvalue weighted by Crippen LogP contribution is 2.36. The Kier molecular flexibility index (Phi) is 4.22. The number of halogens is 1. The predicted molar refractivity (Wildman–Crippen MR) is 86.5 cm³/mol. The van der Waals surface area contributed by atoms with Gasteiger partial charge in [0.05, 0.1) is 5.69 Å². The minimum Gasteiger partial charge on any atom is -0.356 e. The van der Waals surface area contributed by atoms with Gasteiger partial charge in [0.2, 0.25) is 0 Å². The average molecular weight is 304 g/mol. The lowest BCUT2D eigenvalue weighted by Crippen LogP contribution is -2.49. The second-order valence-corrected chi connectivity index (χ2v) is 6.67. The van der Waals surface area contributed by atoms with Crippen LogP contribution in [0.25, 0.3) is 11.0 Å². The number of piperidine rings is 1. The van der Waals surface area contributed by atoms with Crippen molar-refractivity contribution in [3.05, 3.63) is 29.7 Å². The van der Waals surface area contributed by atoms with Gasteiger partial charge in [0.1, 0.15) is 5.82 Å². The van der Waals surface area contributed by atoms with Crippen LogP contribution >= 0.6 is 0 Å². The van der Waals surface area contributed by atoms with Gasteiger partial charge in [-0.1, -0.05) is 19.0 Å². The van der Waals surface area contributed by atoms with Gasteiger partial charge in [0, 0.05) is 22.9 Å². The molecule has 3 nitrogen and oxygen atoms in total. The van der Waals surface area contributed by atoms with E-state index in [0.29, 0.717) is 17.0 Å². The third-order valence-corrected chi connectivity index (χ3v) is 5.63. The lowest BCUT2D eigenvalue weighted by atomic mass is 9.86. The van der Waals surface area contributed by atoms with Crippen molar-refractivity contribution in [1.82, 2.24) is 10.1 Å². The van der Waals surface area contributed by atoms with Crippen molar-refractivity contribution in [1.29, 1.82) is 0 Å². The van der Waals surface area contributed by atoms with E-state index < -0.39 is 0 Å². The van der Waals surface area contributed by atoms with Crippen molar-refractivity contribution < 1.29 is 8.91 Å². The van der Waals surface area contributed by atoms with Crippen LogP contribution < -0.4 is 0 Å². The molecular formula is C18H25FN2O. The lowest BCUT2D eigenvalue weighted by Gasteiger charge is -2.44. The molecule has 0 saturated carbocycles. The van der Waals surface area contributed by atoms with Gasteiger partial charge in [-0.3, -0.25) is 4.90 Å². The second kappa shape index (κ2) is 5.99. The minimum atomic E-state index is -0.272. The fourth-order valence-corrected chi connectivity index (χ4v) is 3.62. The fraction of sp³-hybridized carbons (Fsp3) is 0.611. The van der Waals surface area contributed by atoms with E-state index in [-0.39, 0.29) is 5.82 Å². The first-order valence-corrected chi connectivity index (χ1v) is 8.37. The first-order chi connectivity index (χ1) is 10.6. The third kappa shape index (κ3) is 2.65. The summed E-state index contributed by atoms with van der Waals surface area (Å²) in [5.74, 6) is 0.146. The summed E-state index contributed by atoms with van der Waals surface area (Å²) in [4.78, 5) is 2.62. The summed E-state index contributed by atoms with van der Waals surface area (Å²) in [5, 5.41) is 5.19. The molecule has 2 heterocycles. The highest BCUT2D eigenvalue weighted by atomic mass is 19.1. The molecule has 0 atom stereocenters. The predicted octanol–water partition coefficient (Wildman–Crippen LogP) is 4.73. The average Bonchev–Trinajstić information content (AvgIpc) is 2.97. The monoisotopic (exact) mass is 304 g/mol. The molecule has 3 rings (SSSR count). The SMILES string of the molecule is CCC(C)(CC)N1CCC(c2noc3cc(F)ccc23)CC1. The Labute approximate surface area is 131 Å². The van der Waals surface area contributed by atoms with E-state index in [1.165, 1.54) is 25.0 Å². The van der Waals surface area contributed by atoms with E-state index in [1.54, 1.807) is 6.07 Å². The molecule has 0 bridgehead atoms. The van der Waals surface area contributed by atoms with Gasteiger partial charge in [-0.15, -0.1) is 0 Å². The van der Waals surface area contributed by atoms with E-state index >= 15 is 0 Å². The molecule has 1 aromatic heterocycles. The van der Waals surface area contributed by atoms with Gasteiger partial charge in [-0.25, -0.2) is 4.39 Å². The Balaban J connectivity index is 1.76. The van der Waals surface area contributed by atoms with Crippen LogP contribution in [0, 0.1) is 5.82 Å². The molecule has 1 aromatic carbocycles. The molecule has 0 unspecified atom stereocenters. The summed E-state index contributed by atoms with van der Waals surface area (Å²) in [6.45, 7) is 9.10. The summed E-state index contributed by atoms with van der Waals surface area (Å²) in [5.41, 5.74) is 1.87. The molecule has 1 aliphatic heterocycles. The first-order valence-electron chi connectivity index (χ1n) is 8.37. The van der Waals surface area contributed by atoms with Crippen molar-refractivity contribution in [3.63, 3.8) is 0 Å². The molecule has 1 saturated heterocycles. The second-order valence-electron chi connectivity index (χ2n) is 6.67. The van der Waals surface area contributed by atoms with Crippen LogP contribution in [0.3, 0.4) is 0 Å². The summed E-state index contributed by atoms with van der Waals surface area (Å²) >= 11 is 0. The van der Waals surface area contributed by atoms with Crippen LogP contribution in [-0.2, 0) is 0 Å². The Hall–Kier alpha value is -1.42. The summed E-state index contributed by atoms with van der Waals surface area (Å²) in [6, 6.07) is 4.71. The van der Waals surface area contributed by atoms with Gasteiger partial charge in [-0.2, -0.15) is 0 Å². The van der Waals surface area contributed by atoms with Crippen molar-refractivity contribution in [3.8, 4) is 0 Å². The quantitative estimate of drug-likeness (QED) is 0.818. The normalized spacial score (nSPS) is 18.2. The number of benzene rings is 1. The number of rotatable bonds is 4. The number of hydrogen-bond donors (Lipinski definition) is 0. The zero-order chi connectivity index (χ0) is 15.7. The van der Waals surface area contributed by atoms with Gasteiger partial charge in [0.15, 0.2) is 5.58 Å². The van der Waals surface area contributed by atoms with E-state index in [0.717, 1.165) is 37.0 Å². The van der Waals surface area contributed by atoms with Crippen molar-refractivity contribution >= 4 is 11.0 Å². The number of nitrogens with zero attached hydrogens (tertiary/aromatic N) is 2. The molecule has 0 spiro atoms. The number of fused-ring (bicyclic) bond motifs is 1. The van der Waals surface area contributed by atoms with Gasteiger partial charge < -0.3 is 4.52 Å². The first kappa shape index (κ1) is 15.5. The zero-order valence-corrected chi connectivity index (χ0v) is 13.7. The standard InChI is InChI=1S/C18H25FN2O/c1-4-18(3,5-2)21-10-8-13(9-11-21)17-15-7-6-14(19)12-16(15)22-20-17/h6-7,12-13H,4-5,8-11H2,1-3H3. The van der Waals surface area contributed by atoms with Crippen LogP contribution in [0.2, 0.25) is 0 Å².